The maximum absolute atomic E-state index is 11.7. The maximum Gasteiger partial charge on any atom is 0.270 e. The number of primary amides is 1. The van der Waals surface area contributed by atoms with Gasteiger partial charge in [0.1, 0.15) is 0 Å². The molecule has 1 unspecified atom stereocenters. The number of hydrogen-bond acceptors (Lipinski definition) is 5. The second-order valence-electron chi connectivity index (χ2n) is 5.22. The number of nitro groups is 1. The maximum atomic E-state index is 11.7. The van der Waals surface area contributed by atoms with Crippen LogP contribution >= 0.6 is 0 Å². The van der Waals surface area contributed by atoms with E-state index >= 15 is 0 Å². The Kier molecular flexibility index (Phi) is 4.74. The van der Waals surface area contributed by atoms with Gasteiger partial charge in [-0.2, -0.15) is 0 Å². The molecule has 1 atom stereocenters. The van der Waals surface area contributed by atoms with Gasteiger partial charge in [-0.15, -0.1) is 0 Å². The fourth-order valence-corrected chi connectivity index (χ4v) is 2.85. The van der Waals surface area contributed by atoms with Gasteiger partial charge in [-0.1, -0.05) is 0 Å². The number of nitrogens with zero attached hydrogens (tertiary/aromatic N) is 2. The first kappa shape index (κ1) is 15.2. The highest BCUT2D eigenvalue weighted by molar-refractivity contribution is 5.99. The van der Waals surface area contributed by atoms with Gasteiger partial charge in [-0.05, 0) is 32.4 Å². The number of rotatable bonds is 5. The highest BCUT2D eigenvalue weighted by Crippen LogP contribution is 2.30. The van der Waals surface area contributed by atoms with Crippen molar-refractivity contribution in [3.63, 3.8) is 0 Å². The van der Waals surface area contributed by atoms with Crippen LogP contribution < -0.4 is 16.0 Å². The second-order valence-corrected chi connectivity index (χ2v) is 5.22. The summed E-state index contributed by atoms with van der Waals surface area (Å²) in [5.41, 5.74) is 6.19. The number of amides is 1. The molecule has 0 radical (unpaired) electrons. The number of likely N-dealkylation sites (N-methyl/N-ethyl adjacent to an activating group) is 1. The minimum Gasteiger partial charge on any atom is -0.367 e. The number of benzene rings is 1. The SMILES string of the molecule is CNCC1CCCCN1c1ccc([N+](=O)[O-])cc1C(N)=O. The molecule has 1 aliphatic heterocycles. The largest absolute Gasteiger partial charge is 0.367 e. The average Bonchev–Trinajstić information content (AvgIpc) is 2.47. The van der Waals surface area contributed by atoms with Crippen molar-refractivity contribution in [3.05, 3.63) is 33.9 Å². The molecule has 1 saturated heterocycles. The molecular weight excluding hydrogens is 272 g/mol. The van der Waals surface area contributed by atoms with Crippen molar-refractivity contribution in [2.75, 3.05) is 25.0 Å². The Morgan fingerprint density at radius 2 is 2.29 bits per heavy atom. The zero-order chi connectivity index (χ0) is 15.4. The molecule has 1 aromatic carbocycles. The molecule has 0 aromatic heterocycles. The molecule has 0 saturated carbocycles. The summed E-state index contributed by atoms with van der Waals surface area (Å²) in [5.74, 6) is -0.637. The molecule has 7 nitrogen and oxygen atoms in total. The van der Waals surface area contributed by atoms with E-state index in [1.807, 2.05) is 7.05 Å². The standard InChI is InChI=1S/C14H20N4O3/c1-16-9-11-4-2-3-7-17(11)13-6-5-10(18(20)21)8-12(13)14(15)19/h5-6,8,11,16H,2-4,7,9H2,1H3,(H2,15,19). The van der Waals surface area contributed by atoms with Crippen LogP contribution in [0.15, 0.2) is 18.2 Å². The van der Waals surface area contributed by atoms with Crippen LogP contribution in [0.4, 0.5) is 11.4 Å². The molecule has 3 N–H and O–H groups in total. The van der Waals surface area contributed by atoms with E-state index in [4.69, 9.17) is 5.73 Å². The van der Waals surface area contributed by atoms with Crippen LogP contribution in [0.1, 0.15) is 29.6 Å². The molecule has 21 heavy (non-hydrogen) atoms. The number of piperidine rings is 1. The van der Waals surface area contributed by atoms with Crippen LogP contribution in [0, 0.1) is 10.1 Å². The number of nitrogens with one attached hydrogen (secondary N) is 1. The third kappa shape index (κ3) is 3.30. The Bertz CT molecular complexity index is 545. The Balaban J connectivity index is 2.41. The van der Waals surface area contributed by atoms with Crippen LogP contribution in [-0.4, -0.2) is 37.0 Å². The van der Waals surface area contributed by atoms with Crippen LogP contribution in [0.2, 0.25) is 0 Å². The van der Waals surface area contributed by atoms with Crippen molar-refractivity contribution in [1.82, 2.24) is 5.32 Å². The van der Waals surface area contributed by atoms with Gasteiger partial charge in [-0.25, -0.2) is 0 Å². The van der Waals surface area contributed by atoms with Crippen molar-refractivity contribution < 1.29 is 9.72 Å². The van der Waals surface area contributed by atoms with Crippen molar-refractivity contribution in [2.24, 2.45) is 5.73 Å². The predicted octanol–water partition coefficient (Wildman–Crippen LogP) is 1.27. The van der Waals surface area contributed by atoms with Gasteiger partial charge >= 0.3 is 0 Å². The molecule has 0 aliphatic carbocycles. The number of nitro benzene ring substituents is 1. The molecule has 1 aromatic rings. The number of carbonyl (C=O) groups excluding carboxylic acids is 1. The lowest BCUT2D eigenvalue weighted by Crippen LogP contribution is -2.45. The molecule has 1 aliphatic rings. The van der Waals surface area contributed by atoms with Crippen molar-refractivity contribution in [1.29, 1.82) is 0 Å². The van der Waals surface area contributed by atoms with E-state index in [-0.39, 0.29) is 17.3 Å². The fourth-order valence-electron chi connectivity index (χ4n) is 2.85. The third-order valence-corrected chi connectivity index (χ3v) is 3.83. The van der Waals surface area contributed by atoms with Crippen molar-refractivity contribution in [2.45, 2.75) is 25.3 Å². The minimum atomic E-state index is -0.637. The molecule has 0 bridgehead atoms. The fraction of sp³-hybridized carbons (Fsp3) is 0.500. The molecule has 0 spiro atoms. The lowest BCUT2D eigenvalue weighted by atomic mass is 9.99. The van der Waals surface area contributed by atoms with E-state index in [9.17, 15) is 14.9 Å². The summed E-state index contributed by atoms with van der Waals surface area (Å²) in [5, 5.41) is 14.0. The summed E-state index contributed by atoms with van der Waals surface area (Å²) in [6.07, 6.45) is 3.20. The van der Waals surface area contributed by atoms with Gasteiger partial charge < -0.3 is 16.0 Å². The van der Waals surface area contributed by atoms with Crippen LogP contribution in [0.5, 0.6) is 0 Å². The van der Waals surface area contributed by atoms with Gasteiger partial charge in [0.05, 0.1) is 16.2 Å². The topological polar surface area (TPSA) is 102 Å². The first-order valence-electron chi connectivity index (χ1n) is 7.04. The summed E-state index contributed by atoms with van der Waals surface area (Å²) in [4.78, 5) is 24.1. The first-order chi connectivity index (χ1) is 10.0. The monoisotopic (exact) mass is 292 g/mol. The third-order valence-electron chi connectivity index (χ3n) is 3.83. The predicted molar refractivity (Wildman–Crippen MR) is 80.5 cm³/mol. The summed E-state index contributed by atoms with van der Waals surface area (Å²) in [6.45, 7) is 1.62. The zero-order valence-electron chi connectivity index (χ0n) is 12.0. The molecule has 2 rings (SSSR count). The molecule has 114 valence electrons. The highest BCUT2D eigenvalue weighted by atomic mass is 16.6. The van der Waals surface area contributed by atoms with E-state index in [1.165, 1.54) is 12.1 Å². The highest BCUT2D eigenvalue weighted by Gasteiger charge is 2.26. The average molecular weight is 292 g/mol. The van der Waals surface area contributed by atoms with Crippen molar-refractivity contribution in [3.8, 4) is 0 Å². The van der Waals surface area contributed by atoms with E-state index in [1.54, 1.807) is 6.07 Å². The van der Waals surface area contributed by atoms with Gasteiger partial charge in [-0.3, -0.25) is 14.9 Å². The summed E-state index contributed by atoms with van der Waals surface area (Å²) < 4.78 is 0. The van der Waals surface area contributed by atoms with E-state index in [0.717, 1.165) is 32.4 Å². The summed E-state index contributed by atoms with van der Waals surface area (Å²) >= 11 is 0. The normalized spacial score (nSPS) is 18.5. The number of nitrogens with two attached hydrogens (primary N) is 1. The Morgan fingerprint density at radius 1 is 1.52 bits per heavy atom. The summed E-state index contributed by atoms with van der Waals surface area (Å²) in [7, 11) is 1.89. The molecule has 1 amide bonds. The number of hydrogen-bond donors (Lipinski definition) is 2. The molecular formula is C14H20N4O3. The van der Waals surface area contributed by atoms with Crippen LogP contribution in [0.25, 0.3) is 0 Å². The Labute approximate surface area is 123 Å². The zero-order valence-corrected chi connectivity index (χ0v) is 12.0. The first-order valence-corrected chi connectivity index (χ1v) is 7.04. The van der Waals surface area contributed by atoms with Crippen molar-refractivity contribution >= 4 is 17.3 Å². The molecule has 7 heteroatoms. The van der Waals surface area contributed by atoms with Crippen LogP contribution in [0.3, 0.4) is 0 Å². The van der Waals surface area contributed by atoms with Gasteiger partial charge in [0.15, 0.2) is 0 Å². The van der Waals surface area contributed by atoms with Gasteiger partial charge in [0.25, 0.3) is 11.6 Å². The smallest absolute Gasteiger partial charge is 0.270 e. The minimum absolute atomic E-state index is 0.116. The molecule has 1 heterocycles. The van der Waals surface area contributed by atoms with Gasteiger partial charge in [0.2, 0.25) is 0 Å². The molecule has 1 fully saturated rings. The quantitative estimate of drug-likeness (QED) is 0.628. The summed E-state index contributed by atoms with van der Waals surface area (Å²) in [6, 6.07) is 4.59. The van der Waals surface area contributed by atoms with Crippen LogP contribution in [-0.2, 0) is 0 Å². The number of non-ortho nitro benzene ring substituents is 1. The second kappa shape index (κ2) is 6.53. The van der Waals surface area contributed by atoms with E-state index in [2.05, 4.69) is 10.2 Å². The lowest BCUT2D eigenvalue weighted by molar-refractivity contribution is -0.384. The lowest BCUT2D eigenvalue weighted by Gasteiger charge is -2.38. The number of carbonyl (C=O) groups is 1. The Hall–Kier alpha value is -2.15. The van der Waals surface area contributed by atoms with E-state index < -0.39 is 10.8 Å². The Morgan fingerprint density at radius 3 is 2.90 bits per heavy atom. The van der Waals surface area contributed by atoms with Gasteiger partial charge in [0, 0.05) is 31.3 Å². The van der Waals surface area contributed by atoms with E-state index in [0.29, 0.717) is 5.69 Å². The number of anilines is 1.